The van der Waals surface area contributed by atoms with E-state index in [4.69, 9.17) is 22.6 Å². The fourth-order valence-electron chi connectivity index (χ4n) is 3.13. The summed E-state index contributed by atoms with van der Waals surface area (Å²) < 4.78 is 39.9. The minimum Gasteiger partial charge on any atom is -0.481 e. The monoisotopic (exact) mass is 450 g/mol. The Morgan fingerprint density at radius 2 is 1.69 bits per heavy atom. The van der Waals surface area contributed by atoms with Crippen molar-refractivity contribution in [1.29, 1.82) is 0 Å². The van der Waals surface area contributed by atoms with Gasteiger partial charge in [-0.3, -0.25) is 9.36 Å². The van der Waals surface area contributed by atoms with E-state index in [1.807, 2.05) is 40.7 Å². The SMILES string of the molecule is CCOP(OCC)Oc1cc(CP(=O)(OC)OC)cc(C)c1C(C)(C)CC(=O)O. The maximum absolute atomic E-state index is 12.6. The maximum atomic E-state index is 12.6. The molecule has 0 unspecified atom stereocenters. The molecule has 10 heteroatoms. The number of hydrogen-bond donors (Lipinski definition) is 1. The number of carboxylic acids is 1. The lowest BCUT2D eigenvalue weighted by atomic mass is 9.78. The van der Waals surface area contributed by atoms with Gasteiger partial charge in [-0.05, 0) is 38.0 Å². The molecule has 0 heterocycles. The van der Waals surface area contributed by atoms with Gasteiger partial charge in [-0.25, -0.2) is 0 Å². The van der Waals surface area contributed by atoms with Gasteiger partial charge in [0.05, 0.1) is 25.8 Å². The molecule has 0 saturated carbocycles. The first-order valence-electron chi connectivity index (χ1n) is 9.32. The van der Waals surface area contributed by atoms with E-state index < -0.39 is 27.6 Å². The van der Waals surface area contributed by atoms with Gasteiger partial charge in [0.15, 0.2) is 0 Å². The molecule has 0 aromatic heterocycles. The zero-order valence-corrected chi connectivity index (χ0v) is 20.0. The molecule has 0 amide bonds. The van der Waals surface area contributed by atoms with Gasteiger partial charge in [0.25, 0.3) is 0 Å². The summed E-state index contributed by atoms with van der Waals surface area (Å²) >= 11 is 0. The number of carbonyl (C=O) groups is 1. The Kier molecular flexibility index (Phi) is 10.2. The molecule has 0 fully saturated rings. The van der Waals surface area contributed by atoms with Crippen LogP contribution in [0.4, 0.5) is 0 Å². The molecular formula is C19H32O8P2. The van der Waals surface area contributed by atoms with Crippen molar-refractivity contribution in [2.24, 2.45) is 0 Å². The molecule has 0 bridgehead atoms. The van der Waals surface area contributed by atoms with E-state index in [1.54, 1.807) is 6.07 Å². The van der Waals surface area contributed by atoms with Crippen LogP contribution in [0.2, 0.25) is 0 Å². The Hall–Kier alpha value is -1.01. The average Bonchev–Trinajstić information content (AvgIpc) is 2.60. The normalized spacial score (nSPS) is 12.4. The predicted octanol–water partition coefficient (Wildman–Crippen LogP) is 5.41. The van der Waals surface area contributed by atoms with Crippen LogP contribution >= 0.6 is 16.2 Å². The lowest BCUT2D eigenvalue weighted by Gasteiger charge is -2.29. The summed E-state index contributed by atoms with van der Waals surface area (Å²) in [6.45, 7) is 10.0. The fraction of sp³-hybridized carbons (Fsp3) is 0.632. The van der Waals surface area contributed by atoms with Crippen LogP contribution in [0.1, 0.15) is 50.8 Å². The van der Waals surface area contributed by atoms with E-state index in [0.29, 0.717) is 24.5 Å². The van der Waals surface area contributed by atoms with Gasteiger partial charge in [0, 0.05) is 25.2 Å². The first-order chi connectivity index (χ1) is 13.5. The molecule has 0 spiro atoms. The summed E-state index contributed by atoms with van der Waals surface area (Å²) in [5.41, 5.74) is 1.52. The van der Waals surface area contributed by atoms with Crippen LogP contribution in [0, 0.1) is 6.92 Å². The minimum atomic E-state index is -3.29. The third-order valence-corrected chi connectivity index (χ3v) is 7.35. The summed E-state index contributed by atoms with van der Waals surface area (Å²) in [6.07, 6.45) is -0.0303. The number of hydrogen-bond acceptors (Lipinski definition) is 7. The van der Waals surface area contributed by atoms with E-state index in [0.717, 1.165) is 11.1 Å². The summed E-state index contributed by atoms with van der Waals surface area (Å²) in [5.74, 6) is -0.470. The highest BCUT2D eigenvalue weighted by Gasteiger charge is 2.32. The highest BCUT2D eigenvalue weighted by Crippen LogP contribution is 2.52. The van der Waals surface area contributed by atoms with Gasteiger partial charge in [-0.2, -0.15) is 0 Å². The topological polar surface area (TPSA) is 101 Å². The molecule has 1 aromatic carbocycles. The average molecular weight is 450 g/mol. The molecule has 1 aromatic rings. The zero-order valence-electron chi connectivity index (χ0n) is 18.2. The van der Waals surface area contributed by atoms with Crippen molar-refractivity contribution in [1.82, 2.24) is 0 Å². The number of rotatable bonds is 13. The number of carboxylic acid groups (broad SMARTS) is 1. The van der Waals surface area contributed by atoms with Crippen LogP contribution < -0.4 is 4.52 Å². The second-order valence-electron chi connectivity index (χ2n) is 7.02. The number of benzene rings is 1. The van der Waals surface area contributed by atoms with Crippen LogP contribution in [-0.4, -0.2) is 38.5 Å². The lowest BCUT2D eigenvalue weighted by molar-refractivity contribution is -0.138. The smallest absolute Gasteiger partial charge is 0.397 e. The molecule has 1 rings (SSSR count). The predicted molar refractivity (Wildman–Crippen MR) is 113 cm³/mol. The Morgan fingerprint density at radius 1 is 1.14 bits per heavy atom. The molecule has 166 valence electrons. The molecule has 8 nitrogen and oxygen atoms in total. The standard InChI is InChI=1S/C19H32O8P2/c1-8-25-28(26-9-2)27-16-11-15(13-29(22,23-6)24-7)10-14(3)18(16)19(4,5)12-17(20)21/h10-11H,8-9,12-13H2,1-7H3,(H,20,21). The van der Waals surface area contributed by atoms with Gasteiger partial charge in [0.2, 0.25) is 0 Å². The third kappa shape index (κ3) is 7.63. The summed E-state index contributed by atoms with van der Waals surface area (Å²) in [5, 5.41) is 9.36. The highest BCUT2D eigenvalue weighted by atomic mass is 31.2. The van der Waals surface area contributed by atoms with Crippen LogP contribution in [-0.2, 0) is 39.0 Å². The van der Waals surface area contributed by atoms with Crippen LogP contribution in [0.3, 0.4) is 0 Å². The van der Waals surface area contributed by atoms with Crippen molar-refractivity contribution in [3.63, 3.8) is 0 Å². The first-order valence-corrected chi connectivity index (χ1v) is 12.1. The summed E-state index contributed by atoms with van der Waals surface area (Å²) in [7, 11) is -2.28. The van der Waals surface area contributed by atoms with E-state index in [-0.39, 0.29) is 12.6 Å². The Morgan fingerprint density at radius 3 is 2.14 bits per heavy atom. The molecule has 0 saturated heterocycles. The van der Waals surface area contributed by atoms with Gasteiger partial charge in [-0.1, -0.05) is 19.9 Å². The number of aryl methyl sites for hydroxylation is 1. The Balaban J connectivity index is 3.49. The molecule has 0 atom stereocenters. The van der Waals surface area contributed by atoms with Crippen molar-refractivity contribution in [3.05, 3.63) is 28.8 Å². The molecule has 1 N–H and O–H groups in total. The van der Waals surface area contributed by atoms with E-state index in [2.05, 4.69) is 0 Å². The largest absolute Gasteiger partial charge is 0.481 e. The molecule has 0 aliphatic carbocycles. The zero-order chi connectivity index (χ0) is 22.2. The lowest BCUT2D eigenvalue weighted by Crippen LogP contribution is -2.24. The van der Waals surface area contributed by atoms with Crippen molar-refractivity contribution in [2.45, 2.75) is 52.6 Å². The Bertz CT molecular complexity index is 721. The van der Waals surface area contributed by atoms with Gasteiger partial charge in [0.1, 0.15) is 5.75 Å². The molecular weight excluding hydrogens is 418 g/mol. The van der Waals surface area contributed by atoms with Gasteiger partial charge in [-0.15, -0.1) is 0 Å². The van der Waals surface area contributed by atoms with Crippen molar-refractivity contribution in [3.8, 4) is 5.75 Å². The van der Waals surface area contributed by atoms with E-state index in [9.17, 15) is 14.5 Å². The quantitative estimate of drug-likeness (QED) is 0.398. The fourth-order valence-corrected chi connectivity index (χ4v) is 5.08. The second-order valence-corrected chi connectivity index (χ2v) is 10.4. The molecule has 0 aliphatic rings. The van der Waals surface area contributed by atoms with Crippen molar-refractivity contribution >= 4 is 22.2 Å². The maximum Gasteiger partial charge on any atom is 0.397 e. The Labute approximate surface area is 174 Å². The summed E-state index contributed by atoms with van der Waals surface area (Å²) in [4.78, 5) is 11.4. The van der Waals surface area contributed by atoms with Gasteiger partial charge < -0.3 is 27.7 Å². The van der Waals surface area contributed by atoms with Crippen LogP contribution in [0.5, 0.6) is 5.75 Å². The molecule has 0 aliphatic heterocycles. The van der Waals surface area contributed by atoms with Crippen LogP contribution in [0.15, 0.2) is 12.1 Å². The molecule has 0 radical (unpaired) electrons. The minimum absolute atomic E-state index is 0.0536. The van der Waals surface area contributed by atoms with Crippen LogP contribution in [0.25, 0.3) is 0 Å². The second kappa shape index (κ2) is 11.4. The molecule has 29 heavy (non-hydrogen) atoms. The highest BCUT2D eigenvalue weighted by molar-refractivity contribution is 7.52. The van der Waals surface area contributed by atoms with E-state index >= 15 is 0 Å². The first kappa shape index (κ1) is 26.0. The van der Waals surface area contributed by atoms with E-state index in [1.165, 1.54) is 14.2 Å². The summed E-state index contributed by atoms with van der Waals surface area (Å²) in [6, 6.07) is 3.57. The third-order valence-electron chi connectivity index (χ3n) is 4.20. The van der Waals surface area contributed by atoms with Crippen molar-refractivity contribution in [2.75, 3.05) is 27.4 Å². The van der Waals surface area contributed by atoms with Gasteiger partial charge >= 0.3 is 22.2 Å². The number of aliphatic carboxylic acids is 1. The van der Waals surface area contributed by atoms with Crippen molar-refractivity contribution < 1.29 is 37.1 Å².